The minimum atomic E-state index is 0.0761. The molecular formula is C11H15N3O2. The van der Waals surface area contributed by atoms with Gasteiger partial charge in [-0.1, -0.05) is 12.1 Å². The average molecular weight is 221 g/mol. The lowest BCUT2D eigenvalue weighted by atomic mass is 10.2. The van der Waals surface area contributed by atoms with Gasteiger partial charge in [-0.2, -0.15) is 0 Å². The van der Waals surface area contributed by atoms with Crippen molar-refractivity contribution in [2.75, 3.05) is 13.2 Å². The SMILES string of the molecule is NC(N)=NCc1cccc2c1OCCCO2. The molecule has 0 saturated heterocycles. The molecular weight excluding hydrogens is 206 g/mol. The lowest BCUT2D eigenvalue weighted by Gasteiger charge is -2.10. The molecule has 2 rings (SSSR count). The predicted octanol–water partition coefficient (Wildman–Crippen LogP) is 0.621. The molecule has 0 fully saturated rings. The van der Waals surface area contributed by atoms with Gasteiger partial charge >= 0.3 is 0 Å². The maximum Gasteiger partial charge on any atom is 0.186 e. The lowest BCUT2D eigenvalue weighted by Crippen LogP contribution is -2.22. The Morgan fingerprint density at radius 1 is 1.25 bits per heavy atom. The number of nitrogens with two attached hydrogens (primary N) is 2. The van der Waals surface area contributed by atoms with Crippen LogP contribution in [0, 0.1) is 0 Å². The first-order valence-electron chi connectivity index (χ1n) is 5.20. The normalized spacial score (nSPS) is 14.0. The van der Waals surface area contributed by atoms with Gasteiger partial charge in [-0.15, -0.1) is 0 Å². The molecule has 0 radical (unpaired) electrons. The van der Waals surface area contributed by atoms with Crippen LogP contribution in [-0.2, 0) is 6.54 Å². The monoisotopic (exact) mass is 221 g/mol. The first kappa shape index (κ1) is 10.6. The zero-order chi connectivity index (χ0) is 11.4. The molecule has 0 unspecified atom stereocenters. The summed E-state index contributed by atoms with van der Waals surface area (Å²) in [5.74, 6) is 1.60. The second kappa shape index (κ2) is 4.74. The Morgan fingerprint density at radius 2 is 2.06 bits per heavy atom. The Bertz CT molecular complexity index is 400. The van der Waals surface area contributed by atoms with Crippen LogP contribution in [0.3, 0.4) is 0 Å². The lowest BCUT2D eigenvalue weighted by molar-refractivity contribution is 0.296. The molecule has 5 nitrogen and oxygen atoms in total. The highest BCUT2D eigenvalue weighted by molar-refractivity contribution is 5.75. The van der Waals surface area contributed by atoms with Crippen LogP contribution in [-0.4, -0.2) is 19.2 Å². The summed E-state index contributed by atoms with van der Waals surface area (Å²) in [4.78, 5) is 3.97. The molecule has 0 aromatic heterocycles. The van der Waals surface area contributed by atoms with E-state index in [0.29, 0.717) is 19.8 Å². The molecule has 0 amide bonds. The molecule has 1 aromatic carbocycles. The maximum atomic E-state index is 5.64. The number of benzene rings is 1. The van der Waals surface area contributed by atoms with Crippen molar-refractivity contribution < 1.29 is 9.47 Å². The first-order valence-corrected chi connectivity index (χ1v) is 5.20. The standard InChI is InChI=1S/C11H15N3O2/c12-11(13)14-7-8-3-1-4-9-10(8)16-6-2-5-15-9/h1,3-4H,2,5-7H2,(H4,12,13,14). The first-order chi connectivity index (χ1) is 7.77. The van der Waals surface area contributed by atoms with Crippen LogP contribution in [0.5, 0.6) is 11.5 Å². The fourth-order valence-corrected chi connectivity index (χ4v) is 1.56. The van der Waals surface area contributed by atoms with Crippen molar-refractivity contribution in [3.8, 4) is 11.5 Å². The third kappa shape index (κ3) is 2.36. The zero-order valence-electron chi connectivity index (χ0n) is 8.98. The van der Waals surface area contributed by atoms with E-state index in [1.165, 1.54) is 0 Å². The van der Waals surface area contributed by atoms with E-state index in [-0.39, 0.29) is 5.96 Å². The van der Waals surface area contributed by atoms with Crippen LogP contribution in [0.25, 0.3) is 0 Å². The molecule has 1 aliphatic rings. The highest BCUT2D eigenvalue weighted by Gasteiger charge is 2.13. The average Bonchev–Trinajstić information content (AvgIpc) is 2.51. The number of para-hydroxylation sites is 1. The third-order valence-electron chi connectivity index (χ3n) is 2.29. The van der Waals surface area contributed by atoms with E-state index in [2.05, 4.69) is 4.99 Å². The second-order valence-corrected chi connectivity index (χ2v) is 3.54. The Balaban J connectivity index is 2.27. The van der Waals surface area contributed by atoms with Crippen molar-refractivity contribution >= 4 is 5.96 Å². The molecule has 1 aliphatic heterocycles. The number of fused-ring (bicyclic) bond motifs is 1. The highest BCUT2D eigenvalue weighted by atomic mass is 16.5. The summed E-state index contributed by atoms with van der Waals surface area (Å²) in [5.41, 5.74) is 11.5. The minimum absolute atomic E-state index is 0.0761. The number of nitrogens with zero attached hydrogens (tertiary/aromatic N) is 1. The van der Waals surface area contributed by atoms with E-state index in [1.54, 1.807) is 0 Å². The van der Waals surface area contributed by atoms with Crippen LogP contribution >= 0.6 is 0 Å². The summed E-state index contributed by atoms with van der Waals surface area (Å²) in [6, 6.07) is 5.73. The van der Waals surface area contributed by atoms with Crippen LogP contribution in [0.2, 0.25) is 0 Å². The molecule has 86 valence electrons. The second-order valence-electron chi connectivity index (χ2n) is 3.54. The van der Waals surface area contributed by atoms with Crippen molar-refractivity contribution in [3.63, 3.8) is 0 Å². The summed E-state index contributed by atoms with van der Waals surface area (Å²) in [6.07, 6.45) is 0.885. The number of guanidine groups is 1. The van der Waals surface area contributed by atoms with Crippen molar-refractivity contribution in [2.45, 2.75) is 13.0 Å². The molecule has 0 aliphatic carbocycles. The van der Waals surface area contributed by atoms with Crippen LogP contribution < -0.4 is 20.9 Å². The van der Waals surface area contributed by atoms with Gasteiger partial charge in [0.15, 0.2) is 17.5 Å². The Labute approximate surface area is 94.1 Å². The van der Waals surface area contributed by atoms with Crippen LogP contribution in [0.4, 0.5) is 0 Å². The highest BCUT2D eigenvalue weighted by Crippen LogP contribution is 2.33. The van der Waals surface area contributed by atoms with E-state index < -0.39 is 0 Å². The van der Waals surface area contributed by atoms with Crippen molar-refractivity contribution in [1.82, 2.24) is 0 Å². The van der Waals surface area contributed by atoms with Gasteiger partial charge in [0.05, 0.1) is 19.8 Å². The van der Waals surface area contributed by atoms with Gasteiger partial charge in [0.2, 0.25) is 0 Å². The fraction of sp³-hybridized carbons (Fsp3) is 0.364. The predicted molar refractivity (Wildman–Crippen MR) is 61.6 cm³/mol. The fourth-order valence-electron chi connectivity index (χ4n) is 1.56. The summed E-state index contributed by atoms with van der Waals surface area (Å²) in [5, 5.41) is 0. The number of rotatable bonds is 2. The quantitative estimate of drug-likeness (QED) is 0.566. The zero-order valence-corrected chi connectivity index (χ0v) is 8.98. The summed E-state index contributed by atoms with van der Waals surface area (Å²) < 4.78 is 11.2. The Morgan fingerprint density at radius 3 is 2.88 bits per heavy atom. The van der Waals surface area contributed by atoms with Gasteiger partial charge in [-0.05, 0) is 6.07 Å². The molecule has 16 heavy (non-hydrogen) atoms. The molecule has 0 atom stereocenters. The molecule has 0 saturated carbocycles. The molecule has 5 heteroatoms. The van der Waals surface area contributed by atoms with Crippen molar-refractivity contribution in [2.24, 2.45) is 16.5 Å². The van der Waals surface area contributed by atoms with Crippen LogP contribution in [0.15, 0.2) is 23.2 Å². The van der Waals surface area contributed by atoms with Gasteiger partial charge < -0.3 is 20.9 Å². The number of hydrogen-bond acceptors (Lipinski definition) is 3. The topological polar surface area (TPSA) is 82.9 Å². The van der Waals surface area contributed by atoms with Gasteiger partial charge in [-0.25, -0.2) is 4.99 Å². The smallest absolute Gasteiger partial charge is 0.186 e. The van der Waals surface area contributed by atoms with E-state index in [9.17, 15) is 0 Å². The van der Waals surface area contributed by atoms with Crippen molar-refractivity contribution in [3.05, 3.63) is 23.8 Å². The van der Waals surface area contributed by atoms with Gasteiger partial charge in [0.25, 0.3) is 0 Å². The van der Waals surface area contributed by atoms with Crippen LogP contribution in [0.1, 0.15) is 12.0 Å². The number of ether oxygens (including phenoxy) is 2. The Kier molecular flexibility index (Phi) is 3.14. The van der Waals surface area contributed by atoms with Gasteiger partial charge in [-0.3, -0.25) is 0 Å². The van der Waals surface area contributed by atoms with E-state index in [0.717, 1.165) is 23.5 Å². The van der Waals surface area contributed by atoms with E-state index in [4.69, 9.17) is 20.9 Å². The molecule has 1 aromatic rings. The number of hydrogen-bond donors (Lipinski definition) is 2. The van der Waals surface area contributed by atoms with E-state index in [1.807, 2.05) is 18.2 Å². The maximum absolute atomic E-state index is 5.64. The molecule has 1 heterocycles. The van der Waals surface area contributed by atoms with Gasteiger partial charge in [0, 0.05) is 12.0 Å². The summed E-state index contributed by atoms with van der Waals surface area (Å²) >= 11 is 0. The molecule has 0 spiro atoms. The molecule has 4 N–H and O–H groups in total. The van der Waals surface area contributed by atoms with Crippen molar-refractivity contribution in [1.29, 1.82) is 0 Å². The largest absolute Gasteiger partial charge is 0.490 e. The van der Waals surface area contributed by atoms with Gasteiger partial charge in [0.1, 0.15) is 0 Å². The van der Waals surface area contributed by atoms with E-state index >= 15 is 0 Å². The number of aliphatic imine (C=N–C) groups is 1. The Hall–Kier alpha value is -1.91. The summed E-state index contributed by atoms with van der Waals surface area (Å²) in [7, 11) is 0. The minimum Gasteiger partial charge on any atom is -0.490 e. The third-order valence-corrected chi connectivity index (χ3v) is 2.29. The molecule has 0 bridgehead atoms. The summed E-state index contributed by atoms with van der Waals surface area (Å²) in [6.45, 7) is 1.75.